The van der Waals surface area contributed by atoms with Gasteiger partial charge in [0.15, 0.2) is 0 Å². The third-order valence-electron chi connectivity index (χ3n) is 3.19. The van der Waals surface area contributed by atoms with Crippen LogP contribution in [0.5, 0.6) is 0 Å². The predicted octanol–water partition coefficient (Wildman–Crippen LogP) is 1.13. The summed E-state index contributed by atoms with van der Waals surface area (Å²) < 4.78 is 5.48. The van der Waals surface area contributed by atoms with Crippen molar-refractivity contribution in [2.45, 2.75) is 45.2 Å². The first-order chi connectivity index (χ1) is 6.53. The first-order valence-corrected chi connectivity index (χ1v) is 5.62. The van der Waals surface area contributed by atoms with Gasteiger partial charge in [-0.3, -0.25) is 0 Å². The van der Waals surface area contributed by atoms with Gasteiger partial charge in [0.1, 0.15) is 0 Å². The molecule has 14 heavy (non-hydrogen) atoms. The maximum atomic E-state index is 5.82. The smallest absolute Gasteiger partial charge is 0.0645 e. The maximum absolute atomic E-state index is 5.82. The van der Waals surface area contributed by atoms with Gasteiger partial charge in [-0.05, 0) is 39.2 Å². The van der Waals surface area contributed by atoms with E-state index >= 15 is 0 Å². The summed E-state index contributed by atoms with van der Waals surface area (Å²) in [6.45, 7) is 9.22. The molecule has 0 bridgehead atoms. The van der Waals surface area contributed by atoms with Crippen molar-refractivity contribution < 1.29 is 4.74 Å². The minimum Gasteiger partial charge on any atom is -0.380 e. The van der Waals surface area contributed by atoms with Crippen molar-refractivity contribution in [1.82, 2.24) is 5.32 Å². The van der Waals surface area contributed by atoms with Crippen LogP contribution in [0.25, 0.3) is 0 Å². The predicted molar refractivity (Wildman–Crippen MR) is 59.3 cm³/mol. The highest BCUT2D eigenvalue weighted by atomic mass is 16.5. The van der Waals surface area contributed by atoms with Crippen molar-refractivity contribution in [3.05, 3.63) is 0 Å². The van der Waals surface area contributed by atoms with Crippen molar-refractivity contribution in [2.75, 3.05) is 19.8 Å². The number of hydrogen-bond donors (Lipinski definition) is 2. The van der Waals surface area contributed by atoms with Crippen LogP contribution in [0, 0.1) is 5.92 Å². The van der Waals surface area contributed by atoms with Crippen molar-refractivity contribution >= 4 is 0 Å². The van der Waals surface area contributed by atoms with E-state index in [1.807, 2.05) is 0 Å². The van der Waals surface area contributed by atoms with E-state index < -0.39 is 0 Å². The minimum atomic E-state index is 0.168. The topological polar surface area (TPSA) is 47.3 Å². The molecule has 0 amide bonds. The molecular weight excluding hydrogens is 176 g/mol. The summed E-state index contributed by atoms with van der Waals surface area (Å²) >= 11 is 0. The van der Waals surface area contributed by atoms with Crippen molar-refractivity contribution in [1.29, 1.82) is 0 Å². The van der Waals surface area contributed by atoms with Crippen LogP contribution in [-0.2, 0) is 4.74 Å². The van der Waals surface area contributed by atoms with E-state index in [0.717, 1.165) is 26.2 Å². The van der Waals surface area contributed by atoms with Crippen LogP contribution in [0.2, 0.25) is 0 Å². The Kier molecular flexibility index (Phi) is 4.35. The number of hydrogen-bond acceptors (Lipinski definition) is 3. The lowest BCUT2D eigenvalue weighted by atomic mass is 9.93. The van der Waals surface area contributed by atoms with Crippen molar-refractivity contribution in [2.24, 2.45) is 11.7 Å². The molecule has 1 rings (SSSR count). The van der Waals surface area contributed by atoms with Gasteiger partial charge in [0.2, 0.25) is 0 Å². The summed E-state index contributed by atoms with van der Waals surface area (Å²) in [5, 5.41) is 3.57. The Bertz CT molecular complexity index is 165. The summed E-state index contributed by atoms with van der Waals surface area (Å²) in [7, 11) is 0. The lowest BCUT2D eigenvalue weighted by Crippen LogP contribution is -2.51. The summed E-state index contributed by atoms with van der Waals surface area (Å²) in [5.74, 6) is 0.522. The molecule has 1 aliphatic heterocycles. The highest BCUT2D eigenvalue weighted by Crippen LogP contribution is 2.18. The molecule has 3 nitrogen and oxygen atoms in total. The number of nitrogens with two attached hydrogens (primary N) is 1. The Morgan fingerprint density at radius 2 is 2.21 bits per heavy atom. The molecule has 3 N–H and O–H groups in total. The fraction of sp³-hybridized carbons (Fsp3) is 1.00. The molecule has 0 aromatic carbocycles. The van der Waals surface area contributed by atoms with Crippen LogP contribution in [0.15, 0.2) is 0 Å². The Morgan fingerprint density at radius 3 is 2.71 bits per heavy atom. The molecule has 0 aromatic heterocycles. The molecule has 3 heteroatoms. The lowest BCUT2D eigenvalue weighted by molar-refractivity contribution is 0.0268. The Hall–Kier alpha value is -0.120. The summed E-state index contributed by atoms with van der Waals surface area (Å²) in [6.07, 6.45) is 2.37. The minimum absolute atomic E-state index is 0.168. The lowest BCUT2D eigenvalue weighted by Gasteiger charge is -2.35. The summed E-state index contributed by atoms with van der Waals surface area (Å²) in [5.41, 5.74) is 5.99. The average Bonchev–Trinajstić information content (AvgIpc) is 2.15. The molecule has 0 aliphatic carbocycles. The van der Waals surface area contributed by atoms with Gasteiger partial charge in [0, 0.05) is 18.2 Å². The van der Waals surface area contributed by atoms with E-state index in [1.165, 1.54) is 6.42 Å². The van der Waals surface area contributed by atoms with Gasteiger partial charge in [0.25, 0.3) is 0 Å². The van der Waals surface area contributed by atoms with E-state index in [2.05, 4.69) is 26.1 Å². The highest BCUT2D eigenvalue weighted by molar-refractivity contribution is 4.86. The van der Waals surface area contributed by atoms with Crippen LogP contribution in [0.4, 0.5) is 0 Å². The van der Waals surface area contributed by atoms with Crippen molar-refractivity contribution in [3.8, 4) is 0 Å². The van der Waals surface area contributed by atoms with E-state index in [9.17, 15) is 0 Å². The molecule has 3 atom stereocenters. The quantitative estimate of drug-likeness (QED) is 0.715. The van der Waals surface area contributed by atoms with E-state index in [-0.39, 0.29) is 11.6 Å². The molecule has 1 fully saturated rings. The van der Waals surface area contributed by atoms with Gasteiger partial charge in [-0.1, -0.05) is 6.92 Å². The molecule has 84 valence electrons. The fourth-order valence-corrected chi connectivity index (χ4v) is 1.67. The van der Waals surface area contributed by atoms with Gasteiger partial charge in [0.05, 0.1) is 6.61 Å². The van der Waals surface area contributed by atoms with E-state index in [1.54, 1.807) is 0 Å². The second-order valence-electron chi connectivity index (χ2n) is 4.93. The van der Waals surface area contributed by atoms with E-state index in [0.29, 0.717) is 5.92 Å². The third kappa shape index (κ3) is 3.56. The molecule has 1 heterocycles. The zero-order chi connectivity index (χ0) is 10.6. The monoisotopic (exact) mass is 200 g/mol. The fourth-order valence-electron chi connectivity index (χ4n) is 1.67. The molecule has 0 aromatic rings. The first-order valence-electron chi connectivity index (χ1n) is 5.62. The van der Waals surface area contributed by atoms with Gasteiger partial charge in [-0.25, -0.2) is 0 Å². The molecule has 3 unspecified atom stereocenters. The number of nitrogens with one attached hydrogen (secondary N) is 1. The Labute approximate surface area is 87.4 Å². The second kappa shape index (κ2) is 5.10. The number of ether oxygens (including phenoxy) is 1. The molecule has 0 saturated carbocycles. The van der Waals surface area contributed by atoms with Crippen LogP contribution in [-0.4, -0.2) is 31.3 Å². The summed E-state index contributed by atoms with van der Waals surface area (Å²) in [6, 6.07) is 0.260. The molecule has 0 radical (unpaired) electrons. The zero-order valence-electron chi connectivity index (χ0n) is 9.68. The van der Waals surface area contributed by atoms with Gasteiger partial charge in [-0.15, -0.1) is 0 Å². The highest BCUT2D eigenvalue weighted by Gasteiger charge is 2.27. The SMILES string of the molecule is CC(N)C(C)CNC1(C)CCCOC1. The Morgan fingerprint density at radius 1 is 1.50 bits per heavy atom. The van der Waals surface area contributed by atoms with Crippen molar-refractivity contribution in [3.63, 3.8) is 0 Å². The standard InChI is InChI=1S/C11H24N2O/c1-9(10(2)12)7-13-11(3)5-4-6-14-8-11/h9-10,13H,4-8,12H2,1-3H3. The molecule has 1 saturated heterocycles. The first kappa shape index (κ1) is 12.0. The largest absolute Gasteiger partial charge is 0.380 e. The summed E-state index contributed by atoms with van der Waals surface area (Å²) in [4.78, 5) is 0. The van der Waals surface area contributed by atoms with Crippen LogP contribution in [0.1, 0.15) is 33.6 Å². The zero-order valence-corrected chi connectivity index (χ0v) is 9.68. The normalized spacial score (nSPS) is 32.6. The average molecular weight is 200 g/mol. The third-order valence-corrected chi connectivity index (χ3v) is 3.19. The van der Waals surface area contributed by atoms with Gasteiger partial charge in [-0.2, -0.15) is 0 Å². The molecule has 0 spiro atoms. The molecule has 1 aliphatic rings. The van der Waals surface area contributed by atoms with Crippen LogP contribution < -0.4 is 11.1 Å². The van der Waals surface area contributed by atoms with Crippen LogP contribution in [0.3, 0.4) is 0 Å². The van der Waals surface area contributed by atoms with E-state index in [4.69, 9.17) is 10.5 Å². The second-order valence-corrected chi connectivity index (χ2v) is 4.93. The number of rotatable bonds is 4. The molecular formula is C11H24N2O. The Balaban J connectivity index is 2.28. The van der Waals surface area contributed by atoms with Crippen LogP contribution >= 0.6 is 0 Å². The van der Waals surface area contributed by atoms with Gasteiger partial charge >= 0.3 is 0 Å². The van der Waals surface area contributed by atoms with Gasteiger partial charge < -0.3 is 15.8 Å². The maximum Gasteiger partial charge on any atom is 0.0645 e.